The monoisotopic (exact) mass is 316 g/mol. The number of aromatic nitrogens is 1. The van der Waals surface area contributed by atoms with E-state index >= 15 is 0 Å². The van der Waals surface area contributed by atoms with Crippen molar-refractivity contribution < 1.29 is 13.6 Å². The molecular formula is C13H11ClF2N2OS. The molecule has 1 heterocycles. The van der Waals surface area contributed by atoms with Crippen LogP contribution in [0.4, 0.5) is 14.5 Å². The fourth-order valence-electron chi connectivity index (χ4n) is 1.58. The second-order valence-corrected chi connectivity index (χ2v) is 5.35. The molecular weight excluding hydrogens is 306 g/mol. The van der Waals surface area contributed by atoms with Crippen LogP contribution in [0, 0.1) is 18.6 Å². The van der Waals surface area contributed by atoms with Crippen molar-refractivity contribution in [2.45, 2.75) is 19.2 Å². The molecule has 0 spiro atoms. The van der Waals surface area contributed by atoms with Crippen molar-refractivity contribution in [2.24, 2.45) is 0 Å². The molecule has 7 heteroatoms. The molecule has 0 saturated heterocycles. The molecule has 1 aromatic heterocycles. The Balaban J connectivity index is 2.10. The first kappa shape index (κ1) is 14.9. The van der Waals surface area contributed by atoms with Crippen molar-refractivity contribution in [2.75, 3.05) is 5.32 Å². The van der Waals surface area contributed by atoms with Gasteiger partial charge in [-0.15, -0.1) is 22.9 Å². The molecule has 2 rings (SSSR count). The van der Waals surface area contributed by atoms with E-state index in [9.17, 15) is 13.6 Å². The molecule has 1 amide bonds. The Morgan fingerprint density at radius 2 is 2.20 bits per heavy atom. The van der Waals surface area contributed by atoms with Gasteiger partial charge in [-0.3, -0.25) is 4.79 Å². The first-order valence-electron chi connectivity index (χ1n) is 5.75. The Kier molecular flexibility index (Phi) is 4.67. The molecule has 0 aliphatic heterocycles. The second-order valence-electron chi connectivity index (χ2n) is 4.14. The van der Waals surface area contributed by atoms with Crippen molar-refractivity contribution in [3.05, 3.63) is 45.4 Å². The third kappa shape index (κ3) is 3.32. The average Bonchev–Trinajstić information content (AvgIpc) is 2.87. The van der Waals surface area contributed by atoms with Crippen molar-refractivity contribution in [1.82, 2.24) is 4.98 Å². The number of alkyl halides is 1. The van der Waals surface area contributed by atoms with Gasteiger partial charge in [-0.25, -0.2) is 13.8 Å². The van der Waals surface area contributed by atoms with Crippen LogP contribution in [0.5, 0.6) is 0 Å². The van der Waals surface area contributed by atoms with E-state index in [4.69, 9.17) is 11.6 Å². The number of anilines is 1. The lowest BCUT2D eigenvalue weighted by molar-refractivity contribution is -0.115. The standard InChI is InChI=1S/C13H11ClF2N2OS/c1-7-2-3-9(15)13(12(7)16)18-10(19)4-11-17-8(5-14)6-20-11/h2-3,6H,4-5H2,1H3,(H,18,19). The minimum atomic E-state index is -0.804. The van der Waals surface area contributed by atoms with Gasteiger partial charge in [0.1, 0.15) is 16.5 Å². The van der Waals surface area contributed by atoms with E-state index in [2.05, 4.69) is 10.3 Å². The summed E-state index contributed by atoms with van der Waals surface area (Å²) in [6.07, 6.45) is -0.0472. The summed E-state index contributed by atoms with van der Waals surface area (Å²) in [5.41, 5.74) is 0.511. The topological polar surface area (TPSA) is 42.0 Å². The molecule has 0 aliphatic carbocycles. The van der Waals surface area contributed by atoms with Crippen LogP contribution >= 0.6 is 22.9 Å². The van der Waals surface area contributed by atoms with Gasteiger partial charge in [-0.05, 0) is 18.6 Å². The lowest BCUT2D eigenvalue weighted by atomic mass is 10.2. The Bertz CT molecular complexity index is 645. The number of carbonyl (C=O) groups is 1. The third-order valence-corrected chi connectivity index (χ3v) is 3.77. The fourth-order valence-corrected chi connectivity index (χ4v) is 2.60. The minimum Gasteiger partial charge on any atom is -0.321 e. The van der Waals surface area contributed by atoms with Crippen LogP contribution in [-0.2, 0) is 17.1 Å². The smallest absolute Gasteiger partial charge is 0.231 e. The Morgan fingerprint density at radius 1 is 1.45 bits per heavy atom. The van der Waals surface area contributed by atoms with Crippen LogP contribution in [0.2, 0.25) is 0 Å². The summed E-state index contributed by atoms with van der Waals surface area (Å²) in [6.45, 7) is 1.50. The predicted molar refractivity (Wildman–Crippen MR) is 75.1 cm³/mol. The zero-order valence-electron chi connectivity index (χ0n) is 10.5. The van der Waals surface area contributed by atoms with Gasteiger partial charge in [0.05, 0.1) is 18.0 Å². The summed E-state index contributed by atoms with van der Waals surface area (Å²) in [5.74, 6) is -1.83. The molecule has 0 atom stereocenters. The van der Waals surface area contributed by atoms with E-state index in [1.807, 2.05) is 0 Å². The number of amides is 1. The second kappa shape index (κ2) is 6.28. The van der Waals surface area contributed by atoms with Crippen molar-refractivity contribution in [3.8, 4) is 0 Å². The number of hydrogen-bond donors (Lipinski definition) is 1. The number of hydrogen-bond acceptors (Lipinski definition) is 3. The van der Waals surface area contributed by atoms with E-state index in [0.717, 1.165) is 6.07 Å². The molecule has 0 bridgehead atoms. The lowest BCUT2D eigenvalue weighted by Crippen LogP contribution is -2.16. The fraction of sp³-hybridized carbons (Fsp3) is 0.231. The van der Waals surface area contributed by atoms with E-state index < -0.39 is 23.2 Å². The van der Waals surface area contributed by atoms with Gasteiger partial charge in [-0.2, -0.15) is 0 Å². The van der Waals surface area contributed by atoms with Crippen molar-refractivity contribution in [1.29, 1.82) is 0 Å². The number of nitrogens with one attached hydrogen (secondary N) is 1. The summed E-state index contributed by atoms with van der Waals surface area (Å²) < 4.78 is 27.2. The van der Waals surface area contributed by atoms with Crippen LogP contribution < -0.4 is 5.32 Å². The van der Waals surface area contributed by atoms with Gasteiger partial charge in [-0.1, -0.05) is 6.07 Å². The highest BCUT2D eigenvalue weighted by Gasteiger charge is 2.15. The van der Waals surface area contributed by atoms with E-state index in [1.54, 1.807) is 5.38 Å². The maximum Gasteiger partial charge on any atom is 0.231 e. The molecule has 106 valence electrons. The Labute approximate surface area is 123 Å². The predicted octanol–water partition coefficient (Wildman–Crippen LogP) is 3.65. The van der Waals surface area contributed by atoms with Crippen LogP contribution in [0.15, 0.2) is 17.5 Å². The summed E-state index contributed by atoms with van der Waals surface area (Å²) in [7, 11) is 0. The van der Waals surface area contributed by atoms with Crippen LogP contribution in [0.1, 0.15) is 16.3 Å². The Hall–Kier alpha value is -1.53. The summed E-state index contributed by atoms with van der Waals surface area (Å²) >= 11 is 6.89. The number of rotatable bonds is 4. The maximum absolute atomic E-state index is 13.7. The molecule has 2 aromatic rings. The van der Waals surface area contributed by atoms with Gasteiger partial charge >= 0.3 is 0 Å². The minimum absolute atomic E-state index is 0.0472. The third-order valence-electron chi connectivity index (χ3n) is 2.60. The van der Waals surface area contributed by atoms with E-state index in [1.165, 1.54) is 24.3 Å². The number of benzene rings is 1. The molecule has 3 nitrogen and oxygen atoms in total. The molecule has 1 aromatic carbocycles. The molecule has 0 unspecified atom stereocenters. The maximum atomic E-state index is 13.7. The van der Waals surface area contributed by atoms with Crippen LogP contribution in [-0.4, -0.2) is 10.9 Å². The van der Waals surface area contributed by atoms with Gasteiger partial charge < -0.3 is 5.32 Å². The SMILES string of the molecule is Cc1ccc(F)c(NC(=O)Cc2nc(CCl)cs2)c1F. The van der Waals surface area contributed by atoms with Gasteiger partial charge in [0.25, 0.3) is 0 Å². The van der Waals surface area contributed by atoms with Gasteiger partial charge in [0, 0.05) is 5.38 Å². The zero-order valence-corrected chi connectivity index (χ0v) is 12.1. The largest absolute Gasteiger partial charge is 0.321 e. The van der Waals surface area contributed by atoms with Crippen molar-refractivity contribution in [3.63, 3.8) is 0 Å². The molecule has 0 radical (unpaired) electrons. The average molecular weight is 317 g/mol. The number of nitrogens with zero attached hydrogens (tertiary/aromatic N) is 1. The number of carbonyl (C=O) groups excluding carboxylic acids is 1. The molecule has 0 aliphatic rings. The number of thiazole rings is 1. The normalized spacial score (nSPS) is 10.6. The summed E-state index contributed by atoms with van der Waals surface area (Å²) in [4.78, 5) is 15.9. The van der Waals surface area contributed by atoms with Gasteiger partial charge in [0.2, 0.25) is 5.91 Å². The molecule has 0 fully saturated rings. The highest BCUT2D eigenvalue weighted by Crippen LogP contribution is 2.22. The quantitative estimate of drug-likeness (QED) is 0.875. The first-order chi connectivity index (χ1) is 9.51. The zero-order chi connectivity index (χ0) is 14.7. The summed E-state index contributed by atoms with van der Waals surface area (Å²) in [6, 6.07) is 2.43. The number of halogens is 3. The van der Waals surface area contributed by atoms with E-state index in [0.29, 0.717) is 10.7 Å². The van der Waals surface area contributed by atoms with E-state index in [-0.39, 0.29) is 17.9 Å². The van der Waals surface area contributed by atoms with Crippen LogP contribution in [0.25, 0.3) is 0 Å². The molecule has 0 saturated carbocycles. The number of aryl methyl sites for hydroxylation is 1. The first-order valence-corrected chi connectivity index (χ1v) is 7.16. The van der Waals surface area contributed by atoms with Gasteiger partial charge in [0.15, 0.2) is 5.82 Å². The molecule has 20 heavy (non-hydrogen) atoms. The van der Waals surface area contributed by atoms with Crippen molar-refractivity contribution >= 4 is 34.5 Å². The van der Waals surface area contributed by atoms with Crippen LogP contribution in [0.3, 0.4) is 0 Å². The highest BCUT2D eigenvalue weighted by atomic mass is 35.5. The summed E-state index contributed by atoms with van der Waals surface area (Å²) in [5, 5.41) is 4.53. The highest BCUT2D eigenvalue weighted by molar-refractivity contribution is 7.09. The lowest BCUT2D eigenvalue weighted by Gasteiger charge is -2.08. The molecule has 1 N–H and O–H groups in total. The Morgan fingerprint density at radius 3 is 2.85 bits per heavy atom.